The number of aromatic nitrogens is 2. The first-order chi connectivity index (χ1) is 12.7. The van der Waals surface area contributed by atoms with Gasteiger partial charge < -0.3 is 15.4 Å². The summed E-state index contributed by atoms with van der Waals surface area (Å²) in [6, 6.07) is 15.1. The highest BCUT2D eigenvalue weighted by atomic mass is 19.1. The number of carbonyl (C=O) groups is 1. The van der Waals surface area contributed by atoms with Crippen LogP contribution in [0, 0.1) is 5.82 Å². The van der Waals surface area contributed by atoms with E-state index < -0.39 is 11.7 Å². The van der Waals surface area contributed by atoms with Gasteiger partial charge in [0.25, 0.3) is 5.91 Å². The van der Waals surface area contributed by atoms with Crippen molar-refractivity contribution in [2.45, 2.75) is 6.54 Å². The maximum Gasteiger partial charge on any atom is 0.274 e. The van der Waals surface area contributed by atoms with Gasteiger partial charge in [0.1, 0.15) is 29.4 Å². The lowest BCUT2D eigenvalue weighted by Crippen LogP contribution is -2.15. The van der Waals surface area contributed by atoms with E-state index in [0.717, 1.165) is 11.3 Å². The summed E-state index contributed by atoms with van der Waals surface area (Å²) in [5, 5.41) is 5.62. The number of rotatable bonds is 6. The monoisotopic (exact) mass is 352 g/mol. The minimum Gasteiger partial charge on any atom is -0.497 e. The predicted octanol–water partition coefficient (Wildman–Crippen LogP) is 3.49. The molecular weight excluding hydrogens is 335 g/mol. The molecule has 0 saturated carbocycles. The Morgan fingerprint density at radius 2 is 1.88 bits per heavy atom. The van der Waals surface area contributed by atoms with Crippen LogP contribution in [-0.2, 0) is 6.54 Å². The fourth-order valence-corrected chi connectivity index (χ4v) is 2.26. The third-order valence-corrected chi connectivity index (χ3v) is 3.65. The van der Waals surface area contributed by atoms with E-state index >= 15 is 0 Å². The van der Waals surface area contributed by atoms with E-state index in [9.17, 15) is 9.18 Å². The molecule has 1 heterocycles. The van der Waals surface area contributed by atoms with E-state index in [0.29, 0.717) is 12.4 Å². The first-order valence-electron chi connectivity index (χ1n) is 7.90. The smallest absolute Gasteiger partial charge is 0.274 e. The minimum absolute atomic E-state index is 0.101. The fourth-order valence-electron chi connectivity index (χ4n) is 2.26. The molecule has 2 N–H and O–H groups in total. The zero-order chi connectivity index (χ0) is 18.4. The summed E-state index contributed by atoms with van der Waals surface area (Å²) in [6.45, 7) is 0.523. The molecule has 0 saturated heterocycles. The molecule has 0 atom stereocenters. The second-order valence-electron chi connectivity index (χ2n) is 5.42. The largest absolute Gasteiger partial charge is 0.497 e. The van der Waals surface area contributed by atoms with Crippen molar-refractivity contribution in [3.05, 3.63) is 78.0 Å². The number of nitrogens with zero attached hydrogens (tertiary/aromatic N) is 2. The average Bonchev–Trinajstić information content (AvgIpc) is 2.69. The second kappa shape index (κ2) is 8.06. The van der Waals surface area contributed by atoms with Gasteiger partial charge in [-0.3, -0.25) is 4.79 Å². The number of carbonyl (C=O) groups excluding carboxylic acids is 1. The van der Waals surface area contributed by atoms with Gasteiger partial charge in [-0.05, 0) is 29.8 Å². The van der Waals surface area contributed by atoms with Crippen LogP contribution in [0.15, 0.2) is 60.9 Å². The van der Waals surface area contributed by atoms with E-state index in [1.165, 1.54) is 24.5 Å². The summed E-state index contributed by atoms with van der Waals surface area (Å²) in [4.78, 5) is 20.3. The van der Waals surface area contributed by atoms with Gasteiger partial charge in [-0.1, -0.05) is 24.3 Å². The van der Waals surface area contributed by atoms with Gasteiger partial charge in [-0.25, -0.2) is 14.4 Å². The summed E-state index contributed by atoms with van der Waals surface area (Å²) in [7, 11) is 1.61. The molecule has 0 radical (unpaired) electrons. The molecule has 3 rings (SSSR count). The number of nitrogens with one attached hydrogen (secondary N) is 2. The lowest BCUT2D eigenvalue weighted by molar-refractivity contribution is 0.102. The summed E-state index contributed by atoms with van der Waals surface area (Å²) in [5.41, 5.74) is 1.27. The topological polar surface area (TPSA) is 76.1 Å². The van der Waals surface area contributed by atoms with Gasteiger partial charge in [0, 0.05) is 12.6 Å². The third kappa shape index (κ3) is 4.32. The highest BCUT2D eigenvalue weighted by molar-refractivity contribution is 6.03. The molecule has 3 aromatic rings. The highest BCUT2D eigenvalue weighted by Crippen LogP contribution is 2.15. The van der Waals surface area contributed by atoms with Gasteiger partial charge >= 0.3 is 0 Å². The van der Waals surface area contributed by atoms with Crippen LogP contribution in [0.3, 0.4) is 0 Å². The van der Waals surface area contributed by atoms with Gasteiger partial charge in [0.2, 0.25) is 0 Å². The standard InChI is InChI=1S/C19H17FN4O2/c1-26-14-8-6-13(7-9-14)11-21-18-10-17(22-12-23-18)19(25)24-16-5-3-2-4-15(16)20/h2-10,12H,11H2,1H3,(H,24,25)(H,21,22,23). The molecule has 6 nitrogen and oxygen atoms in total. The van der Waals surface area contributed by atoms with Crippen LogP contribution in [-0.4, -0.2) is 23.0 Å². The summed E-state index contributed by atoms with van der Waals surface area (Å²) in [5.74, 6) is 0.259. The van der Waals surface area contributed by atoms with Gasteiger partial charge in [-0.15, -0.1) is 0 Å². The van der Waals surface area contributed by atoms with Crippen LogP contribution >= 0.6 is 0 Å². The number of benzene rings is 2. The van der Waals surface area contributed by atoms with Crippen LogP contribution < -0.4 is 15.4 Å². The van der Waals surface area contributed by atoms with Crippen LogP contribution in [0.1, 0.15) is 16.1 Å². The van der Waals surface area contributed by atoms with E-state index in [1.807, 2.05) is 24.3 Å². The Morgan fingerprint density at radius 3 is 2.62 bits per heavy atom. The van der Waals surface area contributed by atoms with Crippen molar-refractivity contribution in [2.75, 3.05) is 17.7 Å². The number of ether oxygens (including phenoxy) is 1. The van der Waals surface area contributed by atoms with Crippen LogP contribution in [0.2, 0.25) is 0 Å². The van der Waals surface area contributed by atoms with Gasteiger partial charge in [-0.2, -0.15) is 0 Å². The normalized spacial score (nSPS) is 10.2. The maximum atomic E-state index is 13.6. The molecule has 132 valence electrons. The molecule has 1 amide bonds. The first-order valence-corrected chi connectivity index (χ1v) is 7.90. The highest BCUT2D eigenvalue weighted by Gasteiger charge is 2.11. The molecule has 0 bridgehead atoms. The third-order valence-electron chi connectivity index (χ3n) is 3.65. The molecule has 0 aliphatic carbocycles. The SMILES string of the molecule is COc1ccc(CNc2cc(C(=O)Nc3ccccc3F)ncn2)cc1. The molecule has 1 aromatic heterocycles. The van der Waals surface area contributed by atoms with Crippen LogP contribution in [0.5, 0.6) is 5.75 Å². The van der Waals surface area contributed by atoms with Crippen molar-refractivity contribution < 1.29 is 13.9 Å². The molecule has 0 aliphatic heterocycles. The summed E-state index contributed by atoms with van der Waals surface area (Å²) in [6.07, 6.45) is 1.28. The van der Waals surface area contributed by atoms with E-state index in [2.05, 4.69) is 20.6 Å². The number of hydrogen-bond donors (Lipinski definition) is 2. The zero-order valence-corrected chi connectivity index (χ0v) is 14.1. The molecule has 26 heavy (non-hydrogen) atoms. The Labute approximate surface area is 150 Å². The van der Waals surface area contributed by atoms with Gasteiger partial charge in [0.05, 0.1) is 12.8 Å². The lowest BCUT2D eigenvalue weighted by atomic mass is 10.2. The number of hydrogen-bond acceptors (Lipinski definition) is 5. The van der Waals surface area contributed by atoms with Crippen molar-refractivity contribution in [2.24, 2.45) is 0 Å². The quantitative estimate of drug-likeness (QED) is 0.710. The first kappa shape index (κ1) is 17.3. The number of anilines is 2. The fraction of sp³-hybridized carbons (Fsp3) is 0.105. The average molecular weight is 352 g/mol. The Balaban J connectivity index is 1.65. The predicted molar refractivity (Wildman–Crippen MR) is 96.7 cm³/mol. The second-order valence-corrected chi connectivity index (χ2v) is 5.42. The molecule has 2 aromatic carbocycles. The van der Waals surface area contributed by atoms with Crippen LogP contribution in [0.4, 0.5) is 15.9 Å². The Bertz CT molecular complexity index is 900. The molecule has 0 aliphatic rings. The number of halogens is 1. The van der Waals surface area contributed by atoms with Crippen molar-refractivity contribution in [1.82, 2.24) is 9.97 Å². The van der Waals surface area contributed by atoms with E-state index in [1.54, 1.807) is 19.2 Å². The molecule has 7 heteroatoms. The molecular formula is C19H17FN4O2. The Morgan fingerprint density at radius 1 is 1.12 bits per heavy atom. The Kier molecular flexibility index (Phi) is 5.38. The molecule has 0 unspecified atom stereocenters. The molecule has 0 fully saturated rings. The maximum absolute atomic E-state index is 13.6. The minimum atomic E-state index is -0.509. The summed E-state index contributed by atoms with van der Waals surface area (Å²) >= 11 is 0. The number of methoxy groups -OCH3 is 1. The van der Waals surface area contributed by atoms with Crippen LogP contribution in [0.25, 0.3) is 0 Å². The van der Waals surface area contributed by atoms with Gasteiger partial charge in [0.15, 0.2) is 0 Å². The van der Waals surface area contributed by atoms with Crippen molar-refractivity contribution in [3.8, 4) is 5.75 Å². The van der Waals surface area contributed by atoms with E-state index in [4.69, 9.17) is 4.74 Å². The van der Waals surface area contributed by atoms with Crippen molar-refractivity contribution in [3.63, 3.8) is 0 Å². The Hall–Kier alpha value is -3.48. The lowest BCUT2D eigenvalue weighted by Gasteiger charge is -2.09. The summed E-state index contributed by atoms with van der Waals surface area (Å²) < 4.78 is 18.8. The van der Waals surface area contributed by atoms with E-state index in [-0.39, 0.29) is 11.4 Å². The number of amides is 1. The van der Waals surface area contributed by atoms with Crippen molar-refractivity contribution in [1.29, 1.82) is 0 Å². The number of para-hydroxylation sites is 1. The van der Waals surface area contributed by atoms with Crippen molar-refractivity contribution >= 4 is 17.4 Å². The zero-order valence-electron chi connectivity index (χ0n) is 14.1. The molecule has 0 spiro atoms.